The Morgan fingerprint density at radius 1 is 1.40 bits per heavy atom. The Bertz CT molecular complexity index is 310. The zero-order valence-corrected chi connectivity index (χ0v) is 9.75. The molecule has 0 unspecified atom stereocenters. The molecule has 0 amide bonds. The summed E-state index contributed by atoms with van der Waals surface area (Å²) in [4.78, 5) is 4.13. The molecule has 1 rings (SSSR count). The summed E-state index contributed by atoms with van der Waals surface area (Å²) in [5.41, 5.74) is 2.30. The van der Waals surface area contributed by atoms with Crippen LogP contribution in [0.25, 0.3) is 0 Å². The van der Waals surface area contributed by atoms with Crippen LogP contribution in [-0.2, 0) is 6.54 Å². The Morgan fingerprint density at radius 2 is 2.13 bits per heavy atom. The van der Waals surface area contributed by atoms with Crippen LogP contribution < -0.4 is 5.32 Å². The number of aliphatic hydroxyl groups excluding tert-OH is 1. The average Bonchev–Trinajstić information content (AvgIpc) is 2.18. The predicted molar refractivity (Wildman–Crippen MR) is 61.5 cm³/mol. The minimum atomic E-state index is -0.0583. The summed E-state index contributed by atoms with van der Waals surface area (Å²) in [6.45, 7) is 7.92. The highest BCUT2D eigenvalue weighted by Gasteiger charge is 2.15. The molecule has 2 N–H and O–H groups in total. The largest absolute Gasteiger partial charge is 0.396 e. The van der Waals surface area contributed by atoms with Crippen LogP contribution in [0.1, 0.15) is 25.0 Å². The molecule has 3 heteroatoms. The van der Waals surface area contributed by atoms with Crippen LogP contribution in [0.15, 0.2) is 18.5 Å². The van der Waals surface area contributed by atoms with E-state index in [4.69, 9.17) is 5.11 Å². The van der Waals surface area contributed by atoms with Gasteiger partial charge in [0.2, 0.25) is 0 Å². The second-order valence-corrected chi connectivity index (χ2v) is 4.80. The normalized spacial score (nSPS) is 11.7. The zero-order valence-electron chi connectivity index (χ0n) is 9.75. The monoisotopic (exact) mass is 208 g/mol. The Morgan fingerprint density at radius 3 is 2.73 bits per heavy atom. The molecule has 0 bridgehead atoms. The molecule has 3 nitrogen and oxygen atoms in total. The molecule has 0 radical (unpaired) electrons. The lowest BCUT2D eigenvalue weighted by Crippen LogP contribution is -2.31. The molecule has 15 heavy (non-hydrogen) atoms. The first-order valence-electron chi connectivity index (χ1n) is 5.26. The quantitative estimate of drug-likeness (QED) is 0.770. The molecule has 0 saturated carbocycles. The maximum absolute atomic E-state index is 9.08. The van der Waals surface area contributed by atoms with E-state index in [0.717, 1.165) is 13.1 Å². The lowest BCUT2D eigenvalue weighted by atomic mass is 9.95. The lowest BCUT2D eigenvalue weighted by molar-refractivity contribution is 0.156. The molecule has 0 aliphatic heterocycles. The van der Waals surface area contributed by atoms with E-state index >= 15 is 0 Å². The van der Waals surface area contributed by atoms with Gasteiger partial charge in [0.1, 0.15) is 0 Å². The number of rotatable bonds is 5. The summed E-state index contributed by atoms with van der Waals surface area (Å²) in [6.07, 6.45) is 3.72. The second kappa shape index (κ2) is 5.24. The van der Waals surface area contributed by atoms with Crippen LogP contribution in [0.5, 0.6) is 0 Å². The first-order chi connectivity index (χ1) is 7.03. The van der Waals surface area contributed by atoms with Crippen LogP contribution in [-0.4, -0.2) is 23.2 Å². The molecule has 0 saturated heterocycles. The highest BCUT2D eigenvalue weighted by molar-refractivity contribution is 5.16. The Balaban J connectivity index is 2.38. The Kier molecular flexibility index (Phi) is 4.24. The summed E-state index contributed by atoms with van der Waals surface area (Å²) in [5, 5.41) is 12.4. The van der Waals surface area contributed by atoms with Gasteiger partial charge in [0.25, 0.3) is 0 Å². The van der Waals surface area contributed by atoms with Crippen molar-refractivity contribution >= 4 is 0 Å². The lowest BCUT2D eigenvalue weighted by Gasteiger charge is -2.21. The standard InChI is InChI=1S/C12H20N2O/c1-10-4-11(6-13-5-10)7-14-8-12(2,3)9-15/h4-6,14-15H,7-9H2,1-3H3. The van der Waals surface area contributed by atoms with Gasteiger partial charge in [-0.05, 0) is 18.1 Å². The fourth-order valence-electron chi connectivity index (χ4n) is 1.32. The second-order valence-electron chi connectivity index (χ2n) is 4.80. The van der Waals surface area contributed by atoms with Gasteiger partial charge in [-0.2, -0.15) is 0 Å². The van der Waals surface area contributed by atoms with Gasteiger partial charge in [-0.3, -0.25) is 4.98 Å². The summed E-state index contributed by atoms with van der Waals surface area (Å²) in [7, 11) is 0. The van der Waals surface area contributed by atoms with E-state index in [0.29, 0.717) is 0 Å². The van der Waals surface area contributed by atoms with Crippen molar-refractivity contribution in [3.8, 4) is 0 Å². The molecule has 1 aromatic heterocycles. The Hall–Kier alpha value is -0.930. The number of pyridine rings is 1. The van der Waals surface area contributed by atoms with Gasteiger partial charge in [-0.15, -0.1) is 0 Å². The maximum atomic E-state index is 9.08. The molecule has 0 aliphatic carbocycles. The number of nitrogens with zero attached hydrogens (tertiary/aromatic N) is 1. The first kappa shape index (κ1) is 12.1. The zero-order chi connectivity index (χ0) is 11.3. The molecule has 1 aromatic rings. The van der Waals surface area contributed by atoms with E-state index < -0.39 is 0 Å². The van der Waals surface area contributed by atoms with Crippen LogP contribution in [0.3, 0.4) is 0 Å². The molecular weight excluding hydrogens is 188 g/mol. The van der Waals surface area contributed by atoms with Crippen molar-refractivity contribution in [2.45, 2.75) is 27.3 Å². The number of aryl methyl sites for hydroxylation is 1. The van der Waals surface area contributed by atoms with Gasteiger partial charge < -0.3 is 10.4 Å². The molecule has 0 atom stereocenters. The summed E-state index contributed by atoms with van der Waals surface area (Å²) in [6, 6.07) is 2.12. The van der Waals surface area contributed by atoms with E-state index in [1.54, 1.807) is 0 Å². The third-order valence-electron chi connectivity index (χ3n) is 2.29. The van der Waals surface area contributed by atoms with E-state index in [9.17, 15) is 0 Å². The fourth-order valence-corrected chi connectivity index (χ4v) is 1.32. The van der Waals surface area contributed by atoms with Crippen molar-refractivity contribution in [3.05, 3.63) is 29.6 Å². The van der Waals surface area contributed by atoms with Gasteiger partial charge in [0, 0.05) is 37.5 Å². The number of nitrogens with one attached hydrogen (secondary N) is 1. The molecule has 0 fully saturated rings. The molecular formula is C12H20N2O. The summed E-state index contributed by atoms with van der Waals surface area (Å²) >= 11 is 0. The van der Waals surface area contributed by atoms with Gasteiger partial charge in [0.15, 0.2) is 0 Å². The number of hydrogen-bond acceptors (Lipinski definition) is 3. The van der Waals surface area contributed by atoms with Crippen LogP contribution in [0, 0.1) is 12.3 Å². The maximum Gasteiger partial charge on any atom is 0.0494 e. The van der Waals surface area contributed by atoms with Crippen molar-refractivity contribution < 1.29 is 5.11 Å². The molecule has 84 valence electrons. The van der Waals surface area contributed by atoms with Crippen molar-refractivity contribution in [1.82, 2.24) is 10.3 Å². The molecule has 0 spiro atoms. The minimum absolute atomic E-state index is 0.0583. The minimum Gasteiger partial charge on any atom is -0.396 e. The Labute approximate surface area is 91.5 Å². The SMILES string of the molecule is Cc1cncc(CNCC(C)(C)CO)c1. The van der Waals surface area contributed by atoms with Gasteiger partial charge in [-0.1, -0.05) is 19.9 Å². The van der Waals surface area contributed by atoms with Crippen LogP contribution >= 0.6 is 0 Å². The summed E-state index contributed by atoms with van der Waals surface area (Å²) < 4.78 is 0. The topological polar surface area (TPSA) is 45.2 Å². The van der Waals surface area contributed by atoms with Gasteiger partial charge in [-0.25, -0.2) is 0 Å². The van der Waals surface area contributed by atoms with Crippen molar-refractivity contribution in [1.29, 1.82) is 0 Å². The highest BCUT2D eigenvalue weighted by atomic mass is 16.3. The van der Waals surface area contributed by atoms with Crippen molar-refractivity contribution in [2.24, 2.45) is 5.41 Å². The van der Waals surface area contributed by atoms with E-state index in [1.807, 2.05) is 33.2 Å². The fraction of sp³-hybridized carbons (Fsp3) is 0.583. The number of hydrogen-bond donors (Lipinski definition) is 2. The third-order valence-corrected chi connectivity index (χ3v) is 2.29. The van der Waals surface area contributed by atoms with E-state index in [1.165, 1.54) is 11.1 Å². The predicted octanol–water partition coefficient (Wildman–Crippen LogP) is 1.50. The van der Waals surface area contributed by atoms with Crippen molar-refractivity contribution in [2.75, 3.05) is 13.2 Å². The molecule has 0 aromatic carbocycles. The molecule has 1 heterocycles. The summed E-state index contributed by atoms with van der Waals surface area (Å²) in [5.74, 6) is 0. The van der Waals surface area contributed by atoms with Gasteiger partial charge in [0.05, 0.1) is 0 Å². The van der Waals surface area contributed by atoms with Crippen molar-refractivity contribution in [3.63, 3.8) is 0 Å². The highest BCUT2D eigenvalue weighted by Crippen LogP contribution is 2.11. The average molecular weight is 208 g/mol. The van der Waals surface area contributed by atoms with Crippen LogP contribution in [0.4, 0.5) is 0 Å². The number of aliphatic hydroxyl groups is 1. The number of aromatic nitrogens is 1. The first-order valence-corrected chi connectivity index (χ1v) is 5.26. The van der Waals surface area contributed by atoms with Gasteiger partial charge >= 0.3 is 0 Å². The molecule has 0 aliphatic rings. The van der Waals surface area contributed by atoms with E-state index in [-0.39, 0.29) is 12.0 Å². The van der Waals surface area contributed by atoms with E-state index in [2.05, 4.69) is 16.4 Å². The smallest absolute Gasteiger partial charge is 0.0494 e. The third kappa shape index (κ3) is 4.40. The van der Waals surface area contributed by atoms with Crippen LogP contribution in [0.2, 0.25) is 0 Å².